The van der Waals surface area contributed by atoms with Gasteiger partial charge in [0.25, 0.3) is 0 Å². The van der Waals surface area contributed by atoms with Gasteiger partial charge in [0.05, 0.1) is 0 Å². The molecule has 1 aliphatic carbocycles. The van der Waals surface area contributed by atoms with Gasteiger partial charge in [0, 0.05) is 0 Å². The van der Waals surface area contributed by atoms with Crippen LogP contribution >= 0.6 is 0 Å². The second kappa shape index (κ2) is 8.02. The van der Waals surface area contributed by atoms with Crippen LogP contribution in [0.5, 0.6) is 0 Å². The summed E-state index contributed by atoms with van der Waals surface area (Å²) < 4.78 is 17.0. The van der Waals surface area contributed by atoms with Gasteiger partial charge >= 0.3 is 159 Å². The van der Waals surface area contributed by atoms with Crippen molar-refractivity contribution in [1.82, 2.24) is 0 Å². The molecule has 6 nitrogen and oxygen atoms in total. The third-order valence-corrected chi connectivity index (χ3v) is 9.29. The van der Waals surface area contributed by atoms with E-state index in [0.29, 0.717) is 3.88 Å². The van der Waals surface area contributed by atoms with Crippen LogP contribution in [0, 0.1) is 5.41 Å². The first-order valence-corrected chi connectivity index (χ1v) is 10.6. The first-order chi connectivity index (χ1) is 12.0. The predicted octanol–water partition coefficient (Wildman–Crippen LogP) is 3.72. The Morgan fingerprint density at radius 3 is 1.38 bits per heavy atom. The fourth-order valence-corrected chi connectivity index (χ4v) is 7.75. The van der Waals surface area contributed by atoms with E-state index in [1.165, 1.54) is 0 Å². The summed E-state index contributed by atoms with van der Waals surface area (Å²) in [5.41, 5.74) is 2.08. The number of carbonyl (C=O) groups excluding carboxylic acids is 3. The summed E-state index contributed by atoms with van der Waals surface area (Å²) in [5, 5.41) is 0. The Hall–Kier alpha value is -2.18. The molecule has 0 amide bonds. The van der Waals surface area contributed by atoms with Crippen molar-refractivity contribution in [3.8, 4) is 0 Å². The zero-order chi connectivity index (χ0) is 20.3. The molecule has 0 saturated carbocycles. The molecule has 7 heteroatoms. The molecule has 140 valence electrons. The molecule has 0 aliphatic heterocycles. The molecule has 0 bridgehead atoms. The molecule has 0 aromatic carbocycles. The van der Waals surface area contributed by atoms with Crippen LogP contribution in [0.3, 0.4) is 0 Å². The molecule has 26 heavy (non-hydrogen) atoms. The van der Waals surface area contributed by atoms with E-state index >= 15 is 0 Å². The average molecular weight is 396 g/mol. The second-order valence-electron chi connectivity index (χ2n) is 6.31. The Kier molecular flexibility index (Phi) is 6.74. The van der Waals surface area contributed by atoms with E-state index in [2.05, 4.69) is 19.7 Å². The van der Waals surface area contributed by atoms with Crippen molar-refractivity contribution in [3.63, 3.8) is 0 Å². The van der Waals surface area contributed by atoms with E-state index in [1.807, 2.05) is 34.6 Å². The van der Waals surface area contributed by atoms with E-state index in [4.69, 9.17) is 9.96 Å². The summed E-state index contributed by atoms with van der Waals surface area (Å²) in [4.78, 5) is 36.1. The summed E-state index contributed by atoms with van der Waals surface area (Å²) >= 11 is -4.99. The van der Waals surface area contributed by atoms with Crippen molar-refractivity contribution in [2.45, 2.75) is 34.6 Å². The molecular weight excluding hydrogens is 372 g/mol. The number of allylic oxidation sites excluding steroid dienone is 4. The van der Waals surface area contributed by atoms with Gasteiger partial charge in [0.15, 0.2) is 0 Å². The van der Waals surface area contributed by atoms with E-state index in [1.54, 1.807) is 0 Å². The summed E-state index contributed by atoms with van der Waals surface area (Å²) in [5.74, 6) is -2.55. The van der Waals surface area contributed by atoms with E-state index < -0.39 is 41.1 Å². The quantitative estimate of drug-likeness (QED) is 0.482. The number of hydrogen-bond donors (Lipinski definition) is 0. The zero-order valence-electron chi connectivity index (χ0n) is 15.8. The van der Waals surface area contributed by atoms with Gasteiger partial charge in [-0.1, -0.05) is 0 Å². The van der Waals surface area contributed by atoms with Gasteiger partial charge in [-0.15, -0.1) is 0 Å². The molecule has 0 atom stereocenters. The number of hydrogen-bond acceptors (Lipinski definition) is 6. The third kappa shape index (κ3) is 3.97. The van der Waals surface area contributed by atoms with Crippen molar-refractivity contribution in [3.05, 3.63) is 58.6 Å². The molecule has 0 saturated heterocycles. The van der Waals surface area contributed by atoms with Crippen molar-refractivity contribution >= 4 is 17.9 Å². The maximum absolute atomic E-state index is 12.0. The average Bonchev–Trinajstić information content (AvgIpc) is 2.73. The monoisotopic (exact) mass is 396 g/mol. The number of carbonyl (C=O) groups is 3. The molecule has 1 rings (SSSR count). The first kappa shape index (κ1) is 21.9. The molecule has 0 unspecified atom stereocenters. The molecule has 0 radical (unpaired) electrons. The van der Waals surface area contributed by atoms with Gasteiger partial charge < -0.3 is 0 Å². The Morgan fingerprint density at radius 2 is 1.15 bits per heavy atom. The SMILES string of the molecule is C=CC(=O)[O][Ti]([O]C(=O)C=C)([O]C(=O)C=C)[C]1=C(C)C(C)=C(C)C1(C)C. The molecule has 0 aromatic heterocycles. The van der Waals surface area contributed by atoms with Gasteiger partial charge in [0.2, 0.25) is 0 Å². The molecule has 1 aliphatic rings. The molecule has 0 heterocycles. The van der Waals surface area contributed by atoms with Crippen molar-refractivity contribution in [2.75, 3.05) is 0 Å². The topological polar surface area (TPSA) is 78.9 Å². The minimum atomic E-state index is -4.99. The standard InChI is InChI=1S/C10H15.3C3H4O2.Ti/c1-7-6-10(4,5)9(3)8(7)2;3*1-2-3(4)5;/h1-5H3;3*2H,1H2,(H,4,5);/q;;;;+3/p-3. The molecule has 0 N–H and O–H groups in total. The second-order valence-corrected chi connectivity index (χ2v) is 9.78. The normalized spacial score (nSPS) is 16.0. The zero-order valence-corrected chi connectivity index (χ0v) is 17.4. The van der Waals surface area contributed by atoms with Crippen LogP contribution in [-0.4, -0.2) is 17.9 Å². The Bertz CT molecular complexity index is 699. The van der Waals surface area contributed by atoms with Crippen LogP contribution in [0.15, 0.2) is 58.6 Å². The summed E-state index contributed by atoms with van der Waals surface area (Å²) in [6.45, 7) is 19.5. The molecule has 0 fully saturated rings. The third-order valence-electron chi connectivity index (χ3n) is 4.57. The summed E-state index contributed by atoms with van der Waals surface area (Å²) in [6.07, 6.45) is 2.78. The minimum absolute atomic E-state index is 0.508. The Balaban J connectivity index is 3.75. The fraction of sp³-hybridized carbons (Fsp3) is 0.316. The van der Waals surface area contributed by atoms with Gasteiger partial charge in [-0.25, -0.2) is 0 Å². The van der Waals surface area contributed by atoms with Crippen LogP contribution in [0.4, 0.5) is 0 Å². The van der Waals surface area contributed by atoms with E-state index in [9.17, 15) is 14.4 Å². The van der Waals surface area contributed by atoms with Gasteiger partial charge in [-0.3, -0.25) is 0 Å². The van der Waals surface area contributed by atoms with Gasteiger partial charge in [-0.2, -0.15) is 0 Å². The van der Waals surface area contributed by atoms with Crippen LogP contribution in [-0.2, 0) is 42.1 Å². The van der Waals surface area contributed by atoms with Crippen molar-refractivity contribution in [1.29, 1.82) is 0 Å². The summed E-state index contributed by atoms with van der Waals surface area (Å²) in [6, 6.07) is 0. The van der Waals surface area contributed by atoms with Crippen LogP contribution in [0.1, 0.15) is 34.6 Å². The Labute approximate surface area is 158 Å². The first-order valence-electron chi connectivity index (χ1n) is 7.93. The van der Waals surface area contributed by atoms with Crippen LogP contribution < -0.4 is 0 Å². The van der Waals surface area contributed by atoms with E-state index in [-0.39, 0.29) is 0 Å². The molecular formula is C19H24O6Ti. The van der Waals surface area contributed by atoms with Crippen molar-refractivity contribution < 1.29 is 42.1 Å². The van der Waals surface area contributed by atoms with Gasteiger partial charge in [0.1, 0.15) is 0 Å². The number of rotatable bonds is 7. The Morgan fingerprint density at radius 1 is 0.808 bits per heavy atom. The predicted molar refractivity (Wildman–Crippen MR) is 93.7 cm³/mol. The molecule has 0 aromatic rings. The molecule has 0 spiro atoms. The van der Waals surface area contributed by atoms with Gasteiger partial charge in [-0.05, 0) is 0 Å². The fourth-order valence-electron chi connectivity index (χ4n) is 2.94. The summed E-state index contributed by atoms with van der Waals surface area (Å²) in [7, 11) is 0. The van der Waals surface area contributed by atoms with Crippen LogP contribution in [0.2, 0.25) is 0 Å². The van der Waals surface area contributed by atoms with Crippen LogP contribution in [0.25, 0.3) is 0 Å². The van der Waals surface area contributed by atoms with Crippen molar-refractivity contribution in [2.24, 2.45) is 5.41 Å². The van der Waals surface area contributed by atoms with E-state index in [0.717, 1.165) is 34.9 Å². The maximum atomic E-state index is 12.0.